The third kappa shape index (κ3) is 6.53. The maximum atomic E-state index is 13.5. The summed E-state index contributed by atoms with van der Waals surface area (Å²) in [6.07, 6.45) is 7.62. The Kier molecular flexibility index (Phi) is 9.05. The Hall–Kier alpha value is -2.98. The summed E-state index contributed by atoms with van der Waals surface area (Å²) in [5.41, 5.74) is 1.90. The molecule has 1 aromatic carbocycles. The van der Waals surface area contributed by atoms with Gasteiger partial charge in [0, 0.05) is 36.6 Å². The molecular weight excluding hydrogens is 497 g/mol. The van der Waals surface area contributed by atoms with Crippen molar-refractivity contribution < 1.29 is 14.1 Å². The molecule has 2 atom stereocenters. The molecule has 1 aliphatic heterocycles. The number of amides is 1. The van der Waals surface area contributed by atoms with E-state index in [0.717, 1.165) is 43.4 Å². The first-order valence-electron chi connectivity index (χ1n) is 13.4. The molecule has 1 aliphatic rings. The van der Waals surface area contributed by atoms with E-state index < -0.39 is 17.1 Å². The molecule has 1 unspecified atom stereocenters. The maximum Gasteiger partial charge on any atom is 0.468 e. The van der Waals surface area contributed by atoms with Gasteiger partial charge in [-0.2, -0.15) is 4.72 Å². The predicted molar refractivity (Wildman–Crippen MR) is 155 cm³/mol. The molecule has 10 heteroatoms. The molecule has 38 heavy (non-hydrogen) atoms. The van der Waals surface area contributed by atoms with Gasteiger partial charge in [-0.3, -0.25) is 4.79 Å². The summed E-state index contributed by atoms with van der Waals surface area (Å²) in [5.74, 6) is 0.855. The molecule has 3 heterocycles. The minimum Gasteiger partial charge on any atom is -0.612 e. The average molecular weight is 536 g/mol. The van der Waals surface area contributed by atoms with Crippen molar-refractivity contribution in [2.45, 2.75) is 65.7 Å². The van der Waals surface area contributed by atoms with Crippen molar-refractivity contribution in [2.24, 2.45) is 5.92 Å². The molecule has 0 bridgehead atoms. The van der Waals surface area contributed by atoms with E-state index in [9.17, 15) is 9.35 Å². The van der Waals surface area contributed by atoms with Gasteiger partial charge in [-0.25, -0.2) is 9.67 Å². The number of pyridine rings is 1. The van der Waals surface area contributed by atoms with Crippen molar-refractivity contribution in [3.63, 3.8) is 0 Å². The lowest BCUT2D eigenvalue weighted by Gasteiger charge is -2.35. The first-order chi connectivity index (χ1) is 18.2. The zero-order valence-corrected chi connectivity index (χ0v) is 23.8. The standard InChI is InChI=1S/C28H38BN5O3S/c1-6-7-11-16-37-26-14-15-34(31-26)25-17-24(33-20-21(2)18-28(33,3)4)23(19-30-25)27(35)32-38(36)29(5)22-12-9-8-10-13-22/h8-10,12-15,17,19,21H,6-7,11,16,18,20H2,1-5H3,(H,32,35)/t21-,38?/m0/s1. The second kappa shape index (κ2) is 12.3. The third-order valence-corrected chi connectivity index (χ3v) is 8.36. The topological polar surface area (TPSA) is 95.3 Å². The van der Waals surface area contributed by atoms with E-state index in [-0.39, 0.29) is 11.5 Å². The first kappa shape index (κ1) is 28.0. The fourth-order valence-corrected chi connectivity index (χ4v) is 5.97. The van der Waals surface area contributed by atoms with Gasteiger partial charge in [0.25, 0.3) is 5.91 Å². The second-order valence-corrected chi connectivity index (χ2v) is 12.2. The molecule has 202 valence electrons. The highest BCUT2D eigenvalue weighted by Gasteiger charge is 2.39. The van der Waals surface area contributed by atoms with Gasteiger partial charge in [-0.1, -0.05) is 57.0 Å². The number of nitrogens with one attached hydrogen (secondary N) is 1. The van der Waals surface area contributed by atoms with Crippen LogP contribution in [0.15, 0.2) is 54.9 Å². The van der Waals surface area contributed by atoms with E-state index in [0.29, 0.717) is 29.8 Å². The Morgan fingerprint density at radius 3 is 2.71 bits per heavy atom. The summed E-state index contributed by atoms with van der Waals surface area (Å²) in [4.78, 5) is 20.3. The van der Waals surface area contributed by atoms with Crippen LogP contribution in [0.25, 0.3) is 5.82 Å². The molecule has 1 fully saturated rings. The number of rotatable bonds is 11. The third-order valence-electron chi connectivity index (χ3n) is 7.06. The lowest BCUT2D eigenvalue weighted by atomic mass is 9.71. The Labute approximate surface area is 229 Å². The molecule has 8 nitrogen and oxygen atoms in total. The van der Waals surface area contributed by atoms with Crippen LogP contribution in [0, 0.1) is 5.92 Å². The van der Waals surface area contributed by atoms with Gasteiger partial charge in [0.2, 0.25) is 5.88 Å². The number of aromatic nitrogens is 3. The van der Waals surface area contributed by atoms with Crippen molar-refractivity contribution in [3.05, 3.63) is 60.4 Å². The fourth-order valence-electron chi connectivity index (χ4n) is 5.09. The summed E-state index contributed by atoms with van der Waals surface area (Å²) in [6, 6.07) is 13.3. The van der Waals surface area contributed by atoms with Crippen molar-refractivity contribution in [1.29, 1.82) is 0 Å². The largest absolute Gasteiger partial charge is 0.612 e. The van der Waals surface area contributed by atoms with Crippen LogP contribution in [0.1, 0.15) is 63.7 Å². The molecule has 0 radical (unpaired) electrons. The summed E-state index contributed by atoms with van der Waals surface area (Å²) in [6.45, 7) is 12.0. The summed E-state index contributed by atoms with van der Waals surface area (Å²) >= 11 is -1.61. The van der Waals surface area contributed by atoms with Crippen LogP contribution in [-0.4, -0.2) is 49.9 Å². The summed E-state index contributed by atoms with van der Waals surface area (Å²) < 4.78 is 23.2. The minimum atomic E-state index is -1.61. The lowest BCUT2D eigenvalue weighted by Crippen LogP contribution is -2.46. The molecular formula is C28H38BN5O3S. The number of carbonyl (C=O) groups is 1. The van der Waals surface area contributed by atoms with E-state index in [1.807, 2.05) is 55.5 Å². The highest BCUT2D eigenvalue weighted by Crippen LogP contribution is 2.38. The quantitative estimate of drug-likeness (QED) is 0.222. The lowest BCUT2D eigenvalue weighted by molar-refractivity contribution is 0.0982. The Morgan fingerprint density at radius 2 is 2.03 bits per heavy atom. The zero-order valence-electron chi connectivity index (χ0n) is 23.0. The van der Waals surface area contributed by atoms with E-state index in [2.05, 4.69) is 47.4 Å². The van der Waals surface area contributed by atoms with E-state index in [1.54, 1.807) is 10.9 Å². The molecule has 4 rings (SSSR count). The number of nitrogens with zero attached hydrogens (tertiary/aromatic N) is 4. The van der Waals surface area contributed by atoms with Crippen molar-refractivity contribution in [3.8, 4) is 11.7 Å². The fraction of sp³-hybridized carbons (Fsp3) is 0.464. The molecule has 1 amide bonds. The molecule has 3 aromatic rings. The number of anilines is 1. The monoisotopic (exact) mass is 535 g/mol. The number of hydrogen-bond acceptors (Lipinski definition) is 6. The van der Waals surface area contributed by atoms with Gasteiger partial charge >= 0.3 is 5.99 Å². The molecule has 2 aromatic heterocycles. The normalized spacial score (nSPS) is 17.3. The minimum absolute atomic E-state index is 0.152. The number of benzene rings is 1. The van der Waals surface area contributed by atoms with E-state index >= 15 is 0 Å². The molecule has 1 N–H and O–H groups in total. The first-order valence-corrected chi connectivity index (χ1v) is 14.6. The predicted octanol–water partition coefficient (Wildman–Crippen LogP) is 4.38. The number of carbonyl (C=O) groups excluding carboxylic acids is 1. The van der Waals surface area contributed by atoms with Crippen LogP contribution in [-0.2, 0) is 11.2 Å². The van der Waals surface area contributed by atoms with Crippen molar-refractivity contribution >= 4 is 34.3 Å². The average Bonchev–Trinajstić information content (AvgIpc) is 3.49. The van der Waals surface area contributed by atoms with Gasteiger partial charge in [-0.15, -0.1) is 5.10 Å². The Morgan fingerprint density at radius 1 is 1.26 bits per heavy atom. The smallest absolute Gasteiger partial charge is 0.468 e. The Bertz CT molecular complexity index is 1220. The van der Waals surface area contributed by atoms with Gasteiger partial charge in [-0.05, 0) is 56.1 Å². The van der Waals surface area contributed by atoms with Crippen LogP contribution in [0.4, 0.5) is 5.69 Å². The van der Waals surface area contributed by atoms with Gasteiger partial charge in [0.05, 0.1) is 17.9 Å². The van der Waals surface area contributed by atoms with Crippen LogP contribution >= 0.6 is 0 Å². The molecule has 0 aliphatic carbocycles. The van der Waals surface area contributed by atoms with Gasteiger partial charge in [0.15, 0.2) is 5.82 Å². The number of ether oxygens (including phenoxy) is 1. The maximum absolute atomic E-state index is 13.5. The van der Waals surface area contributed by atoms with Crippen LogP contribution in [0.5, 0.6) is 5.88 Å². The summed E-state index contributed by atoms with van der Waals surface area (Å²) in [5, 5.41) is 4.54. The van der Waals surface area contributed by atoms with Crippen LogP contribution in [0.3, 0.4) is 0 Å². The van der Waals surface area contributed by atoms with Crippen molar-refractivity contribution in [1.82, 2.24) is 19.5 Å². The summed E-state index contributed by atoms with van der Waals surface area (Å²) in [7, 11) is 0. The van der Waals surface area contributed by atoms with Gasteiger partial charge < -0.3 is 14.2 Å². The van der Waals surface area contributed by atoms with Crippen LogP contribution < -0.4 is 19.8 Å². The second-order valence-electron chi connectivity index (χ2n) is 10.7. The zero-order chi connectivity index (χ0) is 27.3. The van der Waals surface area contributed by atoms with E-state index in [4.69, 9.17) is 4.74 Å². The highest BCUT2D eigenvalue weighted by molar-refractivity contribution is 8.18. The molecule has 0 spiro atoms. The van der Waals surface area contributed by atoms with Crippen LogP contribution in [0.2, 0.25) is 6.82 Å². The van der Waals surface area contributed by atoms with Crippen molar-refractivity contribution in [2.75, 3.05) is 18.1 Å². The molecule has 1 saturated heterocycles. The van der Waals surface area contributed by atoms with E-state index in [1.165, 1.54) is 0 Å². The molecule has 0 saturated carbocycles. The SMILES string of the molecule is CCCCCOc1ccn(-c2cc(N3C[C@@H](C)CC3(C)C)c(C(=O)N[S+]([O-])B(C)c3ccccc3)cn2)n1. The van der Waals surface area contributed by atoms with Gasteiger partial charge in [0.1, 0.15) is 0 Å². The Balaban J connectivity index is 1.60. The number of unbranched alkanes of at least 4 members (excludes halogenated alkanes) is 2. The highest BCUT2D eigenvalue weighted by atomic mass is 32.2. The number of hydrogen-bond donors (Lipinski definition) is 1.